The highest BCUT2D eigenvalue weighted by Crippen LogP contribution is 2.15. The third-order valence-electron chi connectivity index (χ3n) is 2.56. The van der Waals surface area contributed by atoms with Gasteiger partial charge in [0.2, 0.25) is 0 Å². The van der Waals surface area contributed by atoms with Crippen LogP contribution >= 0.6 is 0 Å². The summed E-state index contributed by atoms with van der Waals surface area (Å²) < 4.78 is 0. The quantitative estimate of drug-likeness (QED) is 0.603. The Labute approximate surface area is 87.6 Å². The summed E-state index contributed by atoms with van der Waals surface area (Å²) in [5.74, 6) is 0. The van der Waals surface area contributed by atoms with Crippen LogP contribution in [0.15, 0.2) is 18.3 Å². The summed E-state index contributed by atoms with van der Waals surface area (Å²) in [7, 11) is 0. The predicted molar refractivity (Wildman–Crippen MR) is 61.4 cm³/mol. The van der Waals surface area contributed by atoms with E-state index in [-0.39, 0.29) is 0 Å². The Morgan fingerprint density at radius 3 is 1.64 bits per heavy atom. The van der Waals surface area contributed by atoms with Crippen molar-refractivity contribution in [2.24, 2.45) is 0 Å². The summed E-state index contributed by atoms with van der Waals surface area (Å²) in [6.07, 6.45) is 10.9. The van der Waals surface area contributed by atoms with Crippen LogP contribution in [-0.2, 0) is 0 Å². The largest absolute Gasteiger partial charge is 0.261 e. The molecule has 1 heteroatoms. The molecule has 0 atom stereocenters. The van der Waals surface area contributed by atoms with Gasteiger partial charge in [-0.2, -0.15) is 0 Å². The van der Waals surface area contributed by atoms with Crippen molar-refractivity contribution in [2.75, 3.05) is 0 Å². The lowest BCUT2D eigenvalue weighted by atomic mass is 10.0. The lowest BCUT2D eigenvalue weighted by Gasteiger charge is -2.05. The normalized spacial score (nSPS) is 15.6. The average Bonchev–Trinajstić information content (AvgIpc) is 2.26. The van der Waals surface area contributed by atoms with Crippen LogP contribution in [0.3, 0.4) is 0 Å². The van der Waals surface area contributed by atoms with Crippen molar-refractivity contribution in [3.05, 3.63) is 29.6 Å². The van der Waals surface area contributed by atoms with Crippen molar-refractivity contribution in [3.8, 4) is 0 Å². The molecule has 0 aromatic carbocycles. The zero-order valence-corrected chi connectivity index (χ0v) is 9.42. The highest BCUT2D eigenvalue weighted by atomic mass is 14.6. The maximum Gasteiger partial charge on any atom is 0.0372 e. The van der Waals surface area contributed by atoms with Gasteiger partial charge in [-0.05, 0) is 25.5 Å². The first kappa shape index (κ1) is 11.2. The molecule has 78 valence electrons. The van der Waals surface area contributed by atoms with E-state index in [1.165, 1.54) is 44.1 Å². The number of aromatic nitrogens is 1. The van der Waals surface area contributed by atoms with Gasteiger partial charge in [0.25, 0.3) is 0 Å². The topological polar surface area (TPSA) is 12.9 Å². The molecule has 0 saturated heterocycles. The summed E-state index contributed by atoms with van der Waals surface area (Å²) in [6.45, 7) is 4.02. The second-order valence-corrected chi connectivity index (χ2v) is 4.10. The number of pyridine rings is 1. The van der Waals surface area contributed by atoms with E-state index in [0.29, 0.717) is 0 Å². The molecule has 0 bridgehead atoms. The number of hydrogen-bond donors (Lipinski definition) is 0. The van der Waals surface area contributed by atoms with E-state index in [9.17, 15) is 0 Å². The van der Waals surface area contributed by atoms with Crippen LogP contribution in [-0.4, -0.2) is 4.98 Å². The maximum absolute atomic E-state index is 4.08. The third kappa shape index (κ3) is 5.00. The number of rotatable bonds is 0. The zero-order chi connectivity index (χ0) is 10.2. The van der Waals surface area contributed by atoms with Crippen LogP contribution in [0.1, 0.15) is 49.8 Å². The predicted octanol–water partition coefficient (Wildman–Crippen LogP) is 4.04. The summed E-state index contributed by atoms with van der Waals surface area (Å²) in [5, 5.41) is 0. The molecule has 0 aliphatic heterocycles. The lowest BCUT2D eigenvalue weighted by Crippen LogP contribution is -1.85. The molecular formula is C13H21N. The Morgan fingerprint density at radius 2 is 1.36 bits per heavy atom. The summed E-state index contributed by atoms with van der Waals surface area (Å²) >= 11 is 0. The van der Waals surface area contributed by atoms with E-state index >= 15 is 0 Å². The standard InChI is InChI=1S/C7H9N.C6H12/c1-6-3-4-7(2)8-5-6;1-2-4-6-5-3-1/h3-5H,1-2H3;1-6H2. The Bertz CT molecular complexity index is 201. The minimum absolute atomic E-state index is 1.08. The molecule has 1 aliphatic carbocycles. The van der Waals surface area contributed by atoms with Crippen molar-refractivity contribution < 1.29 is 0 Å². The fourth-order valence-corrected chi connectivity index (χ4v) is 1.60. The van der Waals surface area contributed by atoms with Gasteiger partial charge in [0.1, 0.15) is 0 Å². The zero-order valence-electron chi connectivity index (χ0n) is 9.42. The summed E-state index contributed by atoms with van der Waals surface area (Å²) in [5.41, 5.74) is 2.30. The summed E-state index contributed by atoms with van der Waals surface area (Å²) in [6, 6.07) is 4.07. The molecule has 0 spiro atoms. The molecule has 1 aliphatic rings. The average molecular weight is 191 g/mol. The lowest BCUT2D eigenvalue weighted by molar-refractivity contribution is 0.504. The van der Waals surface area contributed by atoms with Crippen LogP contribution < -0.4 is 0 Å². The molecule has 1 aromatic rings. The second-order valence-electron chi connectivity index (χ2n) is 4.10. The fraction of sp³-hybridized carbons (Fsp3) is 0.615. The van der Waals surface area contributed by atoms with E-state index in [1.54, 1.807) is 0 Å². The molecular weight excluding hydrogens is 170 g/mol. The van der Waals surface area contributed by atoms with Crippen LogP contribution in [0.25, 0.3) is 0 Å². The number of hydrogen-bond acceptors (Lipinski definition) is 1. The molecule has 0 amide bonds. The van der Waals surface area contributed by atoms with Crippen LogP contribution in [0.4, 0.5) is 0 Å². The van der Waals surface area contributed by atoms with Gasteiger partial charge in [-0.3, -0.25) is 4.98 Å². The van der Waals surface area contributed by atoms with Gasteiger partial charge in [0, 0.05) is 11.9 Å². The third-order valence-corrected chi connectivity index (χ3v) is 2.56. The Morgan fingerprint density at radius 1 is 0.857 bits per heavy atom. The molecule has 0 radical (unpaired) electrons. The van der Waals surface area contributed by atoms with Crippen molar-refractivity contribution >= 4 is 0 Å². The van der Waals surface area contributed by atoms with Gasteiger partial charge in [-0.1, -0.05) is 44.6 Å². The SMILES string of the molecule is C1CCCCC1.Cc1ccc(C)nc1. The van der Waals surface area contributed by atoms with E-state index < -0.39 is 0 Å². The van der Waals surface area contributed by atoms with Crippen molar-refractivity contribution in [3.63, 3.8) is 0 Å². The summed E-state index contributed by atoms with van der Waals surface area (Å²) in [4.78, 5) is 4.08. The molecule has 1 fully saturated rings. The van der Waals surface area contributed by atoms with Crippen LogP contribution in [0.5, 0.6) is 0 Å². The molecule has 14 heavy (non-hydrogen) atoms. The van der Waals surface area contributed by atoms with Crippen LogP contribution in [0, 0.1) is 13.8 Å². The maximum atomic E-state index is 4.08. The van der Waals surface area contributed by atoms with Crippen molar-refractivity contribution in [1.82, 2.24) is 4.98 Å². The second kappa shape index (κ2) is 6.58. The van der Waals surface area contributed by atoms with E-state index in [4.69, 9.17) is 0 Å². The van der Waals surface area contributed by atoms with Gasteiger partial charge in [-0.15, -0.1) is 0 Å². The first-order valence-electron chi connectivity index (χ1n) is 5.68. The first-order valence-corrected chi connectivity index (χ1v) is 5.68. The molecule has 1 heterocycles. The molecule has 1 nitrogen and oxygen atoms in total. The highest BCUT2D eigenvalue weighted by Gasteiger charge is 1.95. The van der Waals surface area contributed by atoms with Gasteiger partial charge < -0.3 is 0 Å². The molecule has 0 N–H and O–H groups in total. The molecule has 2 rings (SSSR count). The molecule has 0 unspecified atom stereocenters. The first-order chi connectivity index (χ1) is 6.79. The van der Waals surface area contributed by atoms with E-state index in [1.807, 2.05) is 26.1 Å². The van der Waals surface area contributed by atoms with E-state index in [0.717, 1.165) is 5.69 Å². The molecule has 1 aromatic heterocycles. The minimum Gasteiger partial charge on any atom is -0.261 e. The fourth-order valence-electron chi connectivity index (χ4n) is 1.60. The smallest absolute Gasteiger partial charge is 0.0372 e. The van der Waals surface area contributed by atoms with Gasteiger partial charge in [-0.25, -0.2) is 0 Å². The molecule has 1 saturated carbocycles. The minimum atomic E-state index is 1.08. The highest BCUT2D eigenvalue weighted by molar-refractivity contribution is 5.10. The van der Waals surface area contributed by atoms with Crippen LogP contribution in [0.2, 0.25) is 0 Å². The number of aryl methyl sites for hydroxylation is 2. The Balaban J connectivity index is 0.000000146. The Hall–Kier alpha value is -0.850. The van der Waals surface area contributed by atoms with E-state index in [2.05, 4.69) is 11.1 Å². The van der Waals surface area contributed by atoms with Gasteiger partial charge in [0.05, 0.1) is 0 Å². The number of nitrogens with zero attached hydrogens (tertiary/aromatic N) is 1. The van der Waals surface area contributed by atoms with Gasteiger partial charge in [0.15, 0.2) is 0 Å². The van der Waals surface area contributed by atoms with Gasteiger partial charge >= 0.3 is 0 Å². The van der Waals surface area contributed by atoms with Crippen molar-refractivity contribution in [1.29, 1.82) is 0 Å². The Kier molecular flexibility index (Phi) is 5.28. The van der Waals surface area contributed by atoms with Crippen molar-refractivity contribution in [2.45, 2.75) is 52.4 Å². The monoisotopic (exact) mass is 191 g/mol.